The molecule has 1 unspecified atom stereocenters. The van der Waals surface area contributed by atoms with Gasteiger partial charge in [-0.05, 0) is 0 Å². The van der Waals surface area contributed by atoms with Crippen LogP contribution in [0, 0.1) is 0 Å². The van der Waals surface area contributed by atoms with Gasteiger partial charge < -0.3 is 19.9 Å². The molecular formula is C11H19N3O3. The number of hydrogen-bond acceptors (Lipinski definition) is 4. The molecule has 17 heavy (non-hydrogen) atoms. The molecule has 6 nitrogen and oxygen atoms in total. The minimum atomic E-state index is -0.215. The summed E-state index contributed by atoms with van der Waals surface area (Å²) in [4.78, 5) is 26.9. The second-order valence-corrected chi connectivity index (χ2v) is 4.41. The first-order valence-corrected chi connectivity index (χ1v) is 6.04. The van der Waals surface area contributed by atoms with Crippen molar-refractivity contribution in [1.29, 1.82) is 0 Å². The van der Waals surface area contributed by atoms with Gasteiger partial charge in [-0.3, -0.25) is 9.59 Å². The molecule has 2 heterocycles. The SMILES string of the molecule is CC(=O)N1CCN(C(=O)C2COCCN2)CC1. The van der Waals surface area contributed by atoms with Gasteiger partial charge in [-0.1, -0.05) is 0 Å². The third-order valence-electron chi connectivity index (χ3n) is 3.26. The Morgan fingerprint density at radius 3 is 2.35 bits per heavy atom. The number of nitrogens with zero attached hydrogens (tertiary/aromatic N) is 2. The van der Waals surface area contributed by atoms with Crippen LogP contribution in [0.25, 0.3) is 0 Å². The van der Waals surface area contributed by atoms with Crippen LogP contribution in [0.4, 0.5) is 0 Å². The summed E-state index contributed by atoms with van der Waals surface area (Å²) >= 11 is 0. The molecule has 2 saturated heterocycles. The molecular weight excluding hydrogens is 222 g/mol. The fraction of sp³-hybridized carbons (Fsp3) is 0.818. The van der Waals surface area contributed by atoms with E-state index in [1.807, 2.05) is 4.90 Å². The monoisotopic (exact) mass is 241 g/mol. The van der Waals surface area contributed by atoms with E-state index in [-0.39, 0.29) is 17.9 Å². The summed E-state index contributed by atoms with van der Waals surface area (Å²) in [7, 11) is 0. The van der Waals surface area contributed by atoms with Crippen molar-refractivity contribution in [1.82, 2.24) is 15.1 Å². The van der Waals surface area contributed by atoms with E-state index in [0.717, 1.165) is 6.54 Å². The Balaban J connectivity index is 1.83. The summed E-state index contributed by atoms with van der Waals surface area (Å²) in [6, 6.07) is -0.215. The summed E-state index contributed by atoms with van der Waals surface area (Å²) in [5, 5.41) is 3.15. The fourth-order valence-corrected chi connectivity index (χ4v) is 2.19. The summed E-state index contributed by atoms with van der Waals surface area (Å²) in [6.45, 7) is 5.92. The number of hydrogen-bond donors (Lipinski definition) is 1. The lowest BCUT2D eigenvalue weighted by molar-refractivity contribution is -0.141. The highest BCUT2D eigenvalue weighted by molar-refractivity contribution is 5.82. The lowest BCUT2D eigenvalue weighted by Crippen LogP contribution is -2.57. The molecule has 0 aliphatic carbocycles. The number of carbonyl (C=O) groups is 2. The van der Waals surface area contributed by atoms with Crippen molar-refractivity contribution in [2.24, 2.45) is 0 Å². The third-order valence-corrected chi connectivity index (χ3v) is 3.26. The normalized spacial score (nSPS) is 25.8. The minimum Gasteiger partial charge on any atom is -0.378 e. The first kappa shape index (κ1) is 12.3. The van der Waals surface area contributed by atoms with Gasteiger partial charge in [-0.15, -0.1) is 0 Å². The van der Waals surface area contributed by atoms with E-state index in [0.29, 0.717) is 39.4 Å². The number of nitrogens with one attached hydrogen (secondary N) is 1. The Morgan fingerprint density at radius 1 is 1.18 bits per heavy atom. The Hall–Kier alpha value is -1.14. The molecule has 1 atom stereocenters. The van der Waals surface area contributed by atoms with Gasteiger partial charge in [0.15, 0.2) is 0 Å². The van der Waals surface area contributed by atoms with Crippen LogP contribution in [0.15, 0.2) is 0 Å². The van der Waals surface area contributed by atoms with Crippen LogP contribution in [-0.2, 0) is 14.3 Å². The van der Waals surface area contributed by atoms with Crippen molar-refractivity contribution >= 4 is 11.8 Å². The summed E-state index contributed by atoms with van der Waals surface area (Å²) in [5.74, 6) is 0.170. The van der Waals surface area contributed by atoms with Gasteiger partial charge in [0.05, 0.1) is 13.2 Å². The molecule has 0 aromatic rings. The molecule has 2 amide bonds. The zero-order chi connectivity index (χ0) is 12.3. The highest BCUT2D eigenvalue weighted by atomic mass is 16.5. The average molecular weight is 241 g/mol. The van der Waals surface area contributed by atoms with Crippen molar-refractivity contribution in [3.05, 3.63) is 0 Å². The van der Waals surface area contributed by atoms with E-state index in [1.54, 1.807) is 11.8 Å². The third kappa shape index (κ3) is 2.95. The van der Waals surface area contributed by atoms with Crippen LogP contribution >= 0.6 is 0 Å². The topological polar surface area (TPSA) is 61.9 Å². The molecule has 2 fully saturated rings. The first-order valence-electron chi connectivity index (χ1n) is 6.04. The summed E-state index contributed by atoms with van der Waals surface area (Å²) in [5.41, 5.74) is 0. The highest BCUT2D eigenvalue weighted by Crippen LogP contribution is 2.06. The Bertz CT molecular complexity index is 294. The van der Waals surface area contributed by atoms with Crippen molar-refractivity contribution in [3.63, 3.8) is 0 Å². The van der Waals surface area contributed by atoms with Crippen LogP contribution in [0.2, 0.25) is 0 Å². The van der Waals surface area contributed by atoms with Crippen molar-refractivity contribution in [2.45, 2.75) is 13.0 Å². The largest absolute Gasteiger partial charge is 0.378 e. The molecule has 2 rings (SSSR count). The quantitative estimate of drug-likeness (QED) is 0.617. The van der Waals surface area contributed by atoms with Crippen molar-refractivity contribution in [2.75, 3.05) is 45.9 Å². The van der Waals surface area contributed by atoms with Crippen LogP contribution in [0.5, 0.6) is 0 Å². The molecule has 2 aliphatic heterocycles. The predicted octanol–water partition coefficient (Wildman–Crippen LogP) is -1.33. The van der Waals surface area contributed by atoms with Gasteiger partial charge in [0.25, 0.3) is 0 Å². The summed E-state index contributed by atoms with van der Waals surface area (Å²) in [6.07, 6.45) is 0. The molecule has 0 saturated carbocycles. The number of morpholine rings is 1. The smallest absolute Gasteiger partial charge is 0.242 e. The van der Waals surface area contributed by atoms with E-state index < -0.39 is 0 Å². The molecule has 0 bridgehead atoms. The molecule has 2 aliphatic rings. The van der Waals surface area contributed by atoms with Gasteiger partial charge >= 0.3 is 0 Å². The molecule has 0 aromatic heterocycles. The first-order chi connectivity index (χ1) is 8.18. The molecule has 0 spiro atoms. The zero-order valence-electron chi connectivity index (χ0n) is 10.1. The van der Waals surface area contributed by atoms with Crippen LogP contribution in [0.1, 0.15) is 6.92 Å². The maximum atomic E-state index is 12.1. The second kappa shape index (κ2) is 5.46. The van der Waals surface area contributed by atoms with E-state index in [1.165, 1.54) is 0 Å². The zero-order valence-corrected chi connectivity index (χ0v) is 10.1. The molecule has 6 heteroatoms. The average Bonchev–Trinajstić information content (AvgIpc) is 2.39. The van der Waals surface area contributed by atoms with E-state index in [2.05, 4.69) is 5.32 Å². The Morgan fingerprint density at radius 2 is 1.82 bits per heavy atom. The number of amides is 2. The van der Waals surface area contributed by atoms with Crippen LogP contribution < -0.4 is 5.32 Å². The van der Waals surface area contributed by atoms with Gasteiger partial charge in [0, 0.05) is 39.6 Å². The number of piperazine rings is 1. The maximum absolute atomic E-state index is 12.1. The van der Waals surface area contributed by atoms with E-state index >= 15 is 0 Å². The van der Waals surface area contributed by atoms with E-state index in [4.69, 9.17) is 4.74 Å². The molecule has 1 N–H and O–H groups in total. The molecule has 96 valence electrons. The highest BCUT2D eigenvalue weighted by Gasteiger charge is 2.29. The maximum Gasteiger partial charge on any atom is 0.242 e. The number of carbonyl (C=O) groups excluding carboxylic acids is 2. The molecule has 0 aromatic carbocycles. The van der Waals surface area contributed by atoms with Gasteiger partial charge in [0.2, 0.25) is 11.8 Å². The van der Waals surface area contributed by atoms with Crippen molar-refractivity contribution in [3.8, 4) is 0 Å². The minimum absolute atomic E-state index is 0.0798. The van der Waals surface area contributed by atoms with Crippen molar-refractivity contribution < 1.29 is 14.3 Å². The molecule has 0 radical (unpaired) electrons. The summed E-state index contributed by atoms with van der Waals surface area (Å²) < 4.78 is 5.28. The lowest BCUT2D eigenvalue weighted by atomic mass is 10.2. The number of rotatable bonds is 1. The van der Waals surface area contributed by atoms with Gasteiger partial charge in [0.1, 0.15) is 6.04 Å². The van der Waals surface area contributed by atoms with Gasteiger partial charge in [-0.2, -0.15) is 0 Å². The lowest BCUT2D eigenvalue weighted by Gasteiger charge is -2.36. The van der Waals surface area contributed by atoms with Crippen LogP contribution in [0.3, 0.4) is 0 Å². The van der Waals surface area contributed by atoms with Gasteiger partial charge in [-0.25, -0.2) is 0 Å². The predicted molar refractivity (Wildman–Crippen MR) is 61.4 cm³/mol. The van der Waals surface area contributed by atoms with Crippen LogP contribution in [-0.4, -0.2) is 73.6 Å². The Labute approximate surface area is 101 Å². The van der Waals surface area contributed by atoms with E-state index in [9.17, 15) is 9.59 Å². The standard InChI is InChI=1S/C11H19N3O3/c1-9(15)13-3-5-14(6-4-13)11(16)10-8-17-7-2-12-10/h10,12H,2-8H2,1H3. The fourth-order valence-electron chi connectivity index (χ4n) is 2.19. The number of ether oxygens (including phenoxy) is 1. The Kier molecular flexibility index (Phi) is 3.96. The second-order valence-electron chi connectivity index (χ2n) is 4.41.